The van der Waals surface area contributed by atoms with Gasteiger partial charge in [-0.2, -0.15) is 0 Å². The minimum absolute atomic E-state index is 0.178. The SMILES string of the molecule is COC(C)(C)Cc1nc2ccc(C)cc2[nH]1. The zero-order chi connectivity index (χ0) is 11.8. The Bertz CT molecular complexity index is 500. The molecule has 0 spiro atoms. The molecule has 0 saturated heterocycles. The molecule has 2 aromatic rings. The van der Waals surface area contributed by atoms with Crippen molar-refractivity contribution < 1.29 is 4.74 Å². The van der Waals surface area contributed by atoms with Gasteiger partial charge in [-0.1, -0.05) is 6.07 Å². The van der Waals surface area contributed by atoms with Crippen molar-refractivity contribution >= 4 is 11.0 Å². The van der Waals surface area contributed by atoms with Crippen molar-refractivity contribution in [1.82, 2.24) is 9.97 Å². The van der Waals surface area contributed by atoms with E-state index in [9.17, 15) is 0 Å². The number of hydrogen-bond donors (Lipinski definition) is 1. The van der Waals surface area contributed by atoms with Crippen LogP contribution in [-0.2, 0) is 11.2 Å². The Morgan fingerprint density at radius 2 is 2.12 bits per heavy atom. The van der Waals surface area contributed by atoms with Crippen LogP contribution in [-0.4, -0.2) is 22.7 Å². The van der Waals surface area contributed by atoms with Crippen molar-refractivity contribution in [2.75, 3.05) is 7.11 Å². The number of aromatic nitrogens is 2. The molecule has 0 amide bonds. The first-order valence-electron chi connectivity index (χ1n) is 5.50. The number of H-pyrrole nitrogens is 1. The number of nitrogens with one attached hydrogen (secondary N) is 1. The highest BCUT2D eigenvalue weighted by Gasteiger charge is 2.19. The molecule has 1 aromatic carbocycles. The van der Waals surface area contributed by atoms with E-state index < -0.39 is 0 Å². The molecule has 0 aliphatic heterocycles. The van der Waals surface area contributed by atoms with Crippen LogP contribution in [0.4, 0.5) is 0 Å². The highest BCUT2D eigenvalue weighted by atomic mass is 16.5. The monoisotopic (exact) mass is 218 g/mol. The highest BCUT2D eigenvalue weighted by Crippen LogP contribution is 2.18. The van der Waals surface area contributed by atoms with Gasteiger partial charge in [-0.15, -0.1) is 0 Å². The summed E-state index contributed by atoms with van der Waals surface area (Å²) in [6, 6.07) is 6.24. The molecule has 1 N–H and O–H groups in total. The number of rotatable bonds is 3. The lowest BCUT2D eigenvalue weighted by atomic mass is 10.1. The van der Waals surface area contributed by atoms with Crippen molar-refractivity contribution in [3.63, 3.8) is 0 Å². The standard InChI is InChI=1S/C13H18N2O/c1-9-5-6-10-11(7-9)15-12(14-10)8-13(2,3)16-4/h5-7H,8H2,1-4H3,(H,14,15). The molecule has 3 nitrogen and oxygen atoms in total. The number of imidazole rings is 1. The van der Waals surface area contributed by atoms with Crippen molar-refractivity contribution in [1.29, 1.82) is 0 Å². The van der Waals surface area contributed by atoms with Gasteiger partial charge in [0, 0.05) is 13.5 Å². The van der Waals surface area contributed by atoms with Crippen LogP contribution in [0.5, 0.6) is 0 Å². The topological polar surface area (TPSA) is 37.9 Å². The third-order valence-electron chi connectivity index (χ3n) is 2.83. The molecule has 0 aliphatic rings. The second-order valence-corrected chi connectivity index (χ2v) is 4.84. The minimum atomic E-state index is -0.178. The smallest absolute Gasteiger partial charge is 0.110 e. The molecular formula is C13H18N2O. The van der Waals surface area contributed by atoms with Gasteiger partial charge in [0.05, 0.1) is 16.6 Å². The zero-order valence-electron chi connectivity index (χ0n) is 10.3. The summed E-state index contributed by atoms with van der Waals surface area (Å²) in [5, 5.41) is 0. The van der Waals surface area contributed by atoms with E-state index in [0.29, 0.717) is 0 Å². The molecule has 0 aliphatic carbocycles. The van der Waals surface area contributed by atoms with Crippen LogP contribution in [0.15, 0.2) is 18.2 Å². The Balaban J connectivity index is 2.33. The number of hydrogen-bond acceptors (Lipinski definition) is 2. The molecule has 1 aromatic heterocycles. The number of methoxy groups -OCH3 is 1. The normalized spacial score (nSPS) is 12.2. The molecule has 1 heterocycles. The van der Waals surface area contributed by atoms with Gasteiger partial charge in [0.1, 0.15) is 5.82 Å². The predicted octanol–water partition coefficient (Wildman–Crippen LogP) is 2.84. The molecule has 0 fully saturated rings. The van der Waals surface area contributed by atoms with E-state index in [4.69, 9.17) is 4.74 Å². The fourth-order valence-corrected chi connectivity index (χ4v) is 1.74. The summed E-state index contributed by atoms with van der Waals surface area (Å²) in [5.41, 5.74) is 3.19. The van der Waals surface area contributed by atoms with E-state index in [1.54, 1.807) is 7.11 Å². The van der Waals surface area contributed by atoms with E-state index in [1.807, 2.05) is 6.07 Å². The van der Waals surface area contributed by atoms with Crippen molar-refractivity contribution in [2.24, 2.45) is 0 Å². The van der Waals surface area contributed by atoms with E-state index in [2.05, 4.69) is 42.9 Å². The largest absolute Gasteiger partial charge is 0.378 e. The molecule has 0 radical (unpaired) electrons. The van der Waals surface area contributed by atoms with Gasteiger partial charge >= 0.3 is 0 Å². The highest BCUT2D eigenvalue weighted by molar-refractivity contribution is 5.75. The van der Waals surface area contributed by atoms with Crippen molar-refractivity contribution in [3.05, 3.63) is 29.6 Å². The maximum atomic E-state index is 5.40. The number of aromatic amines is 1. The first-order valence-corrected chi connectivity index (χ1v) is 5.50. The number of ether oxygens (including phenoxy) is 1. The second kappa shape index (κ2) is 3.91. The summed E-state index contributed by atoms with van der Waals surface area (Å²) in [6.45, 7) is 6.20. The zero-order valence-corrected chi connectivity index (χ0v) is 10.3. The third-order valence-corrected chi connectivity index (χ3v) is 2.83. The Morgan fingerprint density at radius 3 is 2.81 bits per heavy atom. The Morgan fingerprint density at radius 1 is 1.38 bits per heavy atom. The fourth-order valence-electron chi connectivity index (χ4n) is 1.74. The summed E-state index contributed by atoms with van der Waals surface area (Å²) in [6.07, 6.45) is 0.789. The number of aryl methyl sites for hydroxylation is 1. The van der Waals surface area contributed by atoms with Gasteiger partial charge in [-0.3, -0.25) is 0 Å². The quantitative estimate of drug-likeness (QED) is 0.860. The van der Waals surface area contributed by atoms with Gasteiger partial charge in [-0.05, 0) is 38.5 Å². The van der Waals surface area contributed by atoms with E-state index in [1.165, 1.54) is 5.56 Å². The van der Waals surface area contributed by atoms with Gasteiger partial charge in [-0.25, -0.2) is 4.98 Å². The molecule has 86 valence electrons. The first-order chi connectivity index (χ1) is 7.50. The molecule has 16 heavy (non-hydrogen) atoms. The Hall–Kier alpha value is -1.35. The molecule has 0 saturated carbocycles. The van der Waals surface area contributed by atoms with Crippen LogP contribution >= 0.6 is 0 Å². The van der Waals surface area contributed by atoms with E-state index in [0.717, 1.165) is 23.3 Å². The summed E-state index contributed by atoms with van der Waals surface area (Å²) in [7, 11) is 1.73. The first kappa shape index (κ1) is 11.1. The van der Waals surface area contributed by atoms with Crippen LogP contribution in [0.2, 0.25) is 0 Å². The molecule has 2 rings (SSSR count). The summed E-state index contributed by atoms with van der Waals surface area (Å²) in [4.78, 5) is 7.89. The van der Waals surface area contributed by atoms with Crippen LogP contribution < -0.4 is 0 Å². The second-order valence-electron chi connectivity index (χ2n) is 4.84. The number of fused-ring (bicyclic) bond motifs is 1. The number of nitrogens with zero attached hydrogens (tertiary/aromatic N) is 1. The van der Waals surface area contributed by atoms with Crippen molar-refractivity contribution in [3.8, 4) is 0 Å². The van der Waals surface area contributed by atoms with Crippen LogP contribution in [0.3, 0.4) is 0 Å². The van der Waals surface area contributed by atoms with Gasteiger partial charge in [0.15, 0.2) is 0 Å². The van der Waals surface area contributed by atoms with Crippen molar-refractivity contribution in [2.45, 2.75) is 32.8 Å². The summed E-state index contributed by atoms with van der Waals surface area (Å²) >= 11 is 0. The molecule has 3 heteroatoms. The maximum Gasteiger partial charge on any atom is 0.110 e. The van der Waals surface area contributed by atoms with Gasteiger partial charge in [0.25, 0.3) is 0 Å². The summed E-state index contributed by atoms with van der Waals surface area (Å²) < 4.78 is 5.40. The maximum absolute atomic E-state index is 5.40. The lowest BCUT2D eigenvalue weighted by Crippen LogP contribution is -2.26. The molecule has 0 bridgehead atoms. The molecule has 0 unspecified atom stereocenters. The van der Waals surface area contributed by atoms with Crippen LogP contribution in [0, 0.1) is 6.92 Å². The minimum Gasteiger partial charge on any atom is -0.378 e. The van der Waals surface area contributed by atoms with Gasteiger partial charge < -0.3 is 9.72 Å². The lowest BCUT2D eigenvalue weighted by molar-refractivity contribution is 0.0218. The van der Waals surface area contributed by atoms with Gasteiger partial charge in [0.2, 0.25) is 0 Å². The molecular weight excluding hydrogens is 200 g/mol. The third kappa shape index (κ3) is 2.25. The van der Waals surface area contributed by atoms with Crippen LogP contribution in [0.1, 0.15) is 25.2 Å². The van der Waals surface area contributed by atoms with Crippen LogP contribution in [0.25, 0.3) is 11.0 Å². The lowest BCUT2D eigenvalue weighted by Gasteiger charge is -2.21. The van der Waals surface area contributed by atoms with E-state index >= 15 is 0 Å². The Kier molecular flexibility index (Phi) is 2.72. The molecule has 0 atom stereocenters. The number of benzene rings is 1. The average Bonchev–Trinajstić information content (AvgIpc) is 2.58. The van der Waals surface area contributed by atoms with E-state index in [-0.39, 0.29) is 5.60 Å². The Labute approximate surface area is 95.8 Å². The predicted molar refractivity (Wildman–Crippen MR) is 65.6 cm³/mol. The average molecular weight is 218 g/mol. The fraction of sp³-hybridized carbons (Fsp3) is 0.462. The summed E-state index contributed by atoms with van der Waals surface area (Å²) in [5.74, 6) is 0.979.